The molecule has 0 N–H and O–H groups in total. The number of rotatable bonds is 19. The highest BCUT2D eigenvalue weighted by Gasteiger charge is 2.19. The minimum atomic E-state index is -0.607. The summed E-state index contributed by atoms with van der Waals surface area (Å²) in [5, 5.41) is 0. The molecule has 0 fully saturated rings. The van der Waals surface area contributed by atoms with Crippen LogP contribution in [0.5, 0.6) is 0 Å². The van der Waals surface area contributed by atoms with Crippen LogP contribution in [-0.4, -0.2) is 14.1 Å². The molecule has 160 valence electrons. The summed E-state index contributed by atoms with van der Waals surface area (Å²) in [4.78, 5) is 0. The van der Waals surface area contributed by atoms with E-state index in [2.05, 4.69) is 48.8 Å². The zero-order chi connectivity index (χ0) is 20.3. The van der Waals surface area contributed by atoms with Gasteiger partial charge in [0.05, 0.1) is 0 Å². The van der Waals surface area contributed by atoms with Gasteiger partial charge in [0.15, 0.2) is 0 Å². The molecular formula is C27H49Al. The van der Waals surface area contributed by atoms with E-state index < -0.39 is 14.1 Å². The third-order valence-corrected chi connectivity index (χ3v) is 8.73. The summed E-state index contributed by atoms with van der Waals surface area (Å²) in [5.74, 6) is 5.04. The Hall–Kier alpha value is -0.248. The zero-order valence-electron chi connectivity index (χ0n) is 19.6. The van der Waals surface area contributed by atoms with E-state index in [0.717, 1.165) is 4.78 Å². The van der Waals surface area contributed by atoms with Gasteiger partial charge in [-0.3, -0.25) is 0 Å². The lowest BCUT2D eigenvalue weighted by atomic mass is 10.0. The average Bonchev–Trinajstić information content (AvgIpc) is 2.70. The highest BCUT2D eigenvalue weighted by Crippen LogP contribution is 2.25. The minimum Gasteiger partial charge on any atom is -0.106 e. The first-order valence-electron chi connectivity index (χ1n) is 12.8. The smallest absolute Gasteiger partial charge is 0.106 e. The molecule has 0 aromatic heterocycles. The second-order valence-corrected chi connectivity index (χ2v) is 12.6. The molecule has 1 aromatic carbocycles. The van der Waals surface area contributed by atoms with Gasteiger partial charge >= 0.3 is 0 Å². The Balaban J connectivity index is 1.87. The van der Waals surface area contributed by atoms with Crippen LogP contribution in [0.3, 0.4) is 0 Å². The van der Waals surface area contributed by atoms with Crippen LogP contribution < -0.4 is 0 Å². The lowest BCUT2D eigenvalue weighted by molar-refractivity contribution is 0.526. The molecule has 0 amide bonds. The summed E-state index contributed by atoms with van der Waals surface area (Å²) in [7, 11) is 0. The first-order valence-corrected chi connectivity index (χ1v) is 15.8. The monoisotopic (exact) mass is 400 g/mol. The number of hydrogen-bond donors (Lipinski definition) is 0. The fourth-order valence-electron chi connectivity index (χ4n) is 4.50. The Morgan fingerprint density at radius 1 is 0.571 bits per heavy atom. The van der Waals surface area contributed by atoms with Gasteiger partial charge in [-0.2, -0.15) is 0 Å². The molecule has 1 unspecified atom stereocenters. The summed E-state index contributed by atoms with van der Waals surface area (Å²) < 4.78 is 0.882. The summed E-state index contributed by atoms with van der Waals surface area (Å²) in [6.45, 7) is 2.30. The van der Waals surface area contributed by atoms with Crippen LogP contribution in [0.25, 0.3) is 0 Å². The van der Waals surface area contributed by atoms with Crippen molar-refractivity contribution in [2.75, 3.05) is 0 Å². The lowest BCUT2D eigenvalue weighted by Crippen LogP contribution is -2.16. The maximum atomic E-state index is 2.52. The standard InChI is InChI=1S/C25H43.2CH3.Al/c1-2-3-4-5-6-7-8-9-10-11-12-13-14-15-16-17-19-22-25-23-20-18-21-24-25;;;/h18,20-24H,2-17,19H2,1H3;2*1H3;. The molecule has 0 bridgehead atoms. The van der Waals surface area contributed by atoms with E-state index in [1.165, 1.54) is 109 Å². The van der Waals surface area contributed by atoms with E-state index in [0.29, 0.717) is 0 Å². The molecule has 0 aliphatic carbocycles. The Kier molecular flexibility index (Phi) is 17.3. The predicted molar refractivity (Wildman–Crippen MR) is 131 cm³/mol. The topological polar surface area (TPSA) is 0 Å². The van der Waals surface area contributed by atoms with Crippen LogP contribution >= 0.6 is 0 Å². The summed E-state index contributed by atoms with van der Waals surface area (Å²) in [6.07, 6.45) is 24.8. The summed E-state index contributed by atoms with van der Waals surface area (Å²) in [6, 6.07) is 11.3. The normalized spacial score (nSPS) is 12.2. The van der Waals surface area contributed by atoms with Crippen molar-refractivity contribution in [3.05, 3.63) is 35.9 Å². The molecule has 0 saturated heterocycles. The molecule has 1 rings (SSSR count). The van der Waals surface area contributed by atoms with E-state index >= 15 is 0 Å². The fraction of sp³-hybridized carbons (Fsp3) is 0.778. The van der Waals surface area contributed by atoms with Crippen LogP contribution in [0.1, 0.15) is 126 Å². The summed E-state index contributed by atoms with van der Waals surface area (Å²) >= 11 is -0.607. The molecule has 28 heavy (non-hydrogen) atoms. The van der Waals surface area contributed by atoms with E-state index in [9.17, 15) is 0 Å². The van der Waals surface area contributed by atoms with Crippen molar-refractivity contribution in [3.63, 3.8) is 0 Å². The SMILES string of the molecule is CCCCCCCCCCCCCCCCCC[CH](c1ccccc1)[Al]([CH3])[CH3]. The Bertz CT molecular complexity index is 425. The van der Waals surface area contributed by atoms with Gasteiger partial charge in [0.2, 0.25) is 0 Å². The zero-order valence-corrected chi connectivity index (χ0v) is 20.7. The predicted octanol–water partition coefficient (Wildman–Crippen LogP) is 9.72. The highest BCUT2D eigenvalue weighted by atomic mass is 27.2. The van der Waals surface area contributed by atoms with Gasteiger partial charge in [0.25, 0.3) is 14.1 Å². The van der Waals surface area contributed by atoms with Gasteiger partial charge in [0, 0.05) is 0 Å². The third kappa shape index (κ3) is 13.8. The van der Waals surface area contributed by atoms with Crippen LogP contribution in [0.15, 0.2) is 30.3 Å². The van der Waals surface area contributed by atoms with Crippen LogP contribution in [-0.2, 0) is 0 Å². The molecule has 0 radical (unpaired) electrons. The molecule has 0 heterocycles. The van der Waals surface area contributed by atoms with Crippen molar-refractivity contribution < 1.29 is 0 Å². The number of hydrogen-bond acceptors (Lipinski definition) is 0. The van der Waals surface area contributed by atoms with Crippen LogP contribution in [0.2, 0.25) is 11.6 Å². The van der Waals surface area contributed by atoms with Crippen molar-refractivity contribution in [1.82, 2.24) is 0 Å². The van der Waals surface area contributed by atoms with Crippen molar-refractivity contribution in [2.24, 2.45) is 0 Å². The van der Waals surface area contributed by atoms with Crippen molar-refractivity contribution >= 4 is 14.1 Å². The molecule has 0 aliphatic heterocycles. The van der Waals surface area contributed by atoms with Crippen molar-refractivity contribution in [2.45, 2.75) is 132 Å². The Labute approximate surface area is 182 Å². The highest BCUT2D eigenvalue weighted by molar-refractivity contribution is 6.57. The average molecular weight is 401 g/mol. The largest absolute Gasteiger partial charge is 0.265 e. The molecule has 0 aliphatic rings. The first-order chi connectivity index (χ1) is 13.8. The molecule has 0 spiro atoms. The van der Waals surface area contributed by atoms with Crippen molar-refractivity contribution in [1.29, 1.82) is 0 Å². The first kappa shape index (κ1) is 25.8. The molecular weight excluding hydrogens is 351 g/mol. The van der Waals surface area contributed by atoms with Gasteiger partial charge in [-0.25, -0.2) is 0 Å². The Morgan fingerprint density at radius 3 is 1.36 bits per heavy atom. The number of unbranched alkanes of at least 4 members (excludes halogenated alkanes) is 15. The minimum absolute atomic E-state index is 0.607. The van der Waals surface area contributed by atoms with E-state index in [-0.39, 0.29) is 0 Å². The molecule has 1 atom stereocenters. The molecule has 1 heteroatoms. The Morgan fingerprint density at radius 2 is 0.964 bits per heavy atom. The van der Waals surface area contributed by atoms with E-state index in [1.807, 2.05) is 0 Å². The summed E-state index contributed by atoms with van der Waals surface area (Å²) in [5.41, 5.74) is 1.60. The maximum Gasteiger partial charge on any atom is 0.265 e. The lowest BCUT2D eigenvalue weighted by Gasteiger charge is -2.18. The van der Waals surface area contributed by atoms with Crippen molar-refractivity contribution in [3.8, 4) is 0 Å². The van der Waals surface area contributed by atoms with Gasteiger partial charge in [-0.05, 0) is 0 Å². The fourth-order valence-corrected chi connectivity index (χ4v) is 6.39. The van der Waals surface area contributed by atoms with Crippen LogP contribution in [0.4, 0.5) is 0 Å². The molecule has 0 nitrogen and oxygen atoms in total. The maximum absolute atomic E-state index is 2.52. The van der Waals surface area contributed by atoms with E-state index in [4.69, 9.17) is 0 Å². The second-order valence-electron chi connectivity index (χ2n) is 9.35. The molecule has 0 saturated carbocycles. The van der Waals surface area contributed by atoms with Gasteiger partial charge in [-0.15, -0.1) is 11.6 Å². The number of benzene rings is 1. The quantitative estimate of drug-likeness (QED) is 0.160. The second kappa shape index (κ2) is 18.8. The van der Waals surface area contributed by atoms with Gasteiger partial charge in [-0.1, -0.05) is 157 Å². The van der Waals surface area contributed by atoms with Gasteiger partial charge in [0.1, 0.15) is 0 Å². The van der Waals surface area contributed by atoms with E-state index in [1.54, 1.807) is 5.56 Å². The van der Waals surface area contributed by atoms with Crippen LogP contribution in [0, 0.1) is 0 Å². The van der Waals surface area contributed by atoms with Gasteiger partial charge < -0.3 is 0 Å². The molecule has 1 aromatic rings. The third-order valence-electron chi connectivity index (χ3n) is 6.40.